The molecule has 1 aromatic heterocycles. The van der Waals surface area contributed by atoms with Crippen molar-refractivity contribution in [1.82, 2.24) is 9.80 Å². The van der Waals surface area contributed by atoms with Gasteiger partial charge >= 0.3 is 0 Å². The van der Waals surface area contributed by atoms with Crippen LogP contribution in [0, 0.1) is 0 Å². The van der Waals surface area contributed by atoms with Crippen molar-refractivity contribution in [2.75, 3.05) is 26.2 Å². The molecule has 3 aromatic rings. The predicted octanol–water partition coefficient (Wildman–Crippen LogP) is 2.85. The van der Waals surface area contributed by atoms with Gasteiger partial charge in [0.15, 0.2) is 15.6 Å². The van der Waals surface area contributed by atoms with Gasteiger partial charge < -0.3 is 14.2 Å². The second kappa shape index (κ2) is 8.77. The van der Waals surface area contributed by atoms with Gasteiger partial charge in [-0.05, 0) is 30.3 Å². The van der Waals surface area contributed by atoms with Crippen molar-refractivity contribution in [3.05, 3.63) is 89.9 Å². The Morgan fingerprint density at radius 3 is 1.94 bits per heavy atom. The third-order valence-electron chi connectivity index (χ3n) is 5.26. The van der Waals surface area contributed by atoms with Gasteiger partial charge in [-0.25, -0.2) is 8.42 Å². The van der Waals surface area contributed by atoms with Crippen molar-refractivity contribution in [3.8, 4) is 0 Å². The van der Waals surface area contributed by atoms with Crippen molar-refractivity contribution in [2.24, 2.45) is 0 Å². The Kier molecular flexibility index (Phi) is 5.90. The molecule has 0 radical (unpaired) electrons. The number of benzene rings is 2. The molecule has 0 spiro atoms. The van der Waals surface area contributed by atoms with Crippen LogP contribution in [0.1, 0.15) is 26.5 Å². The number of piperazine rings is 1. The van der Waals surface area contributed by atoms with Crippen molar-refractivity contribution in [2.45, 2.75) is 10.6 Å². The Balaban J connectivity index is 1.43. The second-order valence-electron chi connectivity index (χ2n) is 7.30. The van der Waals surface area contributed by atoms with Crippen LogP contribution in [0.25, 0.3) is 0 Å². The summed E-state index contributed by atoms with van der Waals surface area (Å²) in [6.45, 7) is 1.50. The third kappa shape index (κ3) is 4.54. The molecule has 0 aliphatic carbocycles. The summed E-state index contributed by atoms with van der Waals surface area (Å²) in [4.78, 5) is 29.1. The highest BCUT2D eigenvalue weighted by Gasteiger charge is 2.29. The van der Waals surface area contributed by atoms with E-state index in [0.29, 0.717) is 37.3 Å². The minimum atomic E-state index is -3.60. The van der Waals surface area contributed by atoms with Crippen LogP contribution in [0.15, 0.2) is 82.3 Å². The molecule has 2 aromatic carbocycles. The Bertz CT molecular complexity index is 1160. The Labute approximate surface area is 180 Å². The molecule has 0 unspecified atom stereocenters. The van der Waals surface area contributed by atoms with Crippen LogP contribution in [-0.2, 0) is 15.6 Å². The van der Waals surface area contributed by atoms with Gasteiger partial charge in [0.2, 0.25) is 0 Å². The van der Waals surface area contributed by atoms with Gasteiger partial charge in [-0.2, -0.15) is 0 Å². The molecule has 2 amide bonds. The third-order valence-corrected chi connectivity index (χ3v) is 6.95. The monoisotopic (exact) mass is 438 g/mol. The Morgan fingerprint density at radius 2 is 1.32 bits per heavy atom. The van der Waals surface area contributed by atoms with Crippen molar-refractivity contribution in [1.29, 1.82) is 0 Å². The Morgan fingerprint density at radius 1 is 0.774 bits per heavy atom. The molecule has 1 fully saturated rings. The standard InChI is InChI=1S/C23H22N2O5S/c26-22(18-7-3-1-4-8-18)24-12-14-25(15-13-24)23(27)21-19(11-16-30-21)17-31(28,29)20-9-5-2-6-10-20/h1-11,16H,12-15,17H2. The van der Waals surface area contributed by atoms with E-state index in [0.717, 1.165) is 0 Å². The SMILES string of the molecule is O=C(c1ccccc1)N1CCN(C(=O)c2occc2CS(=O)(=O)c2ccccc2)CC1. The topological polar surface area (TPSA) is 87.9 Å². The predicted molar refractivity (Wildman–Crippen MR) is 114 cm³/mol. The van der Waals surface area contributed by atoms with Crippen molar-refractivity contribution in [3.63, 3.8) is 0 Å². The van der Waals surface area contributed by atoms with Gasteiger partial charge in [0.05, 0.1) is 16.9 Å². The molecule has 1 aliphatic heterocycles. The fourth-order valence-electron chi connectivity index (χ4n) is 3.57. The van der Waals surface area contributed by atoms with E-state index in [-0.39, 0.29) is 28.2 Å². The normalized spacial score (nSPS) is 14.5. The van der Waals surface area contributed by atoms with Crippen LogP contribution in [0.2, 0.25) is 0 Å². The summed E-state index contributed by atoms with van der Waals surface area (Å²) in [7, 11) is -3.60. The molecule has 0 N–H and O–H groups in total. The molecule has 4 rings (SSSR count). The molecular weight excluding hydrogens is 416 g/mol. The molecule has 0 atom stereocenters. The first kappa shape index (κ1) is 20.9. The molecule has 1 saturated heterocycles. The van der Waals surface area contributed by atoms with Crippen LogP contribution < -0.4 is 0 Å². The number of amides is 2. The van der Waals surface area contributed by atoms with E-state index >= 15 is 0 Å². The summed E-state index contributed by atoms with van der Waals surface area (Å²) in [5.74, 6) is -0.723. The molecule has 7 nitrogen and oxygen atoms in total. The van der Waals surface area contributed by atoms with Crippen LogP contribution in [0.5, 0.6) is 0 Å². The summed E-state index contributed by atoms with van der Waals surface area (Å²) in [6.07, 6.45) is 1.33. The van der Waals surface area contributed by atoms with E-state index < -0.39 is 9.84 Å². The van der Waals surface area contributed by atoms with Gasteiger partial charge in [-0.15, -0.1) is 0 Å². The number of sulfone groups is 1. The molecule has 160 valence electrons. The zero-order chi connectivity index (χ0) is 21.8. The smallest absolute Gasteiger partial charge is 0.289 e. The zero-order valence-electron chi connectivity index (χ0n) is 16.8. The van der Waals surface area contributed by atoms with Gasteiger partial charge in [-0.3, -0.25) is 9.59 Å². The second-order valence-corrected chi connectivity index (χ2v) is 9.29. The molecule has 8 heteroatoms. The largest absolute Gasteiger partial charge is 0.459 e. The molecule has 31 heavy (non-hydrogen) atoms. The summed E-state index contributed by atoms with van der Waals surface area (Å²) >= 11 is 0. The first-order valence-corrected chi connectivity index (χ1v) is 11.6. The lowest BCUT2D eigenvalue weighted by molar-refractivity contribution is 0.0517. The van der Waals surface area contributed by atoms with Gasteiger partial charge in [0.1, 0.15) is 0 Å². The first-order chi connectivity index (χ1) is 15.0. The number of hydrogen-bond acceptors (Lipinski definition) is 5. The molecular formula is C23H22N2O5S. The highest BCUT2D eigenvalue weighted by atomic mass is 32.2. The average molecular weight is 439 g/mol. The highest BCUT2D eigenvalue weighted by Crippen LogP contribution is 2.22. The maximum absolute atomic E-state index is 13.0. The first-order valence-electron chi connectivity index (χ1n) is 9.93. The Hall–Kier alpha value is -3.39. The van der Waals surface area contributed by atoms with Gasteiger partial charge in [0.25, 0.3) is 11.8 Å². The van der Waals surface area contributed by atoms with Crippen LogP contribution in [0.4, 0.5) is 0 Å². The van der Waals surface area contributed by atoms with Crippen LogP contribution in [0.3, 0.4) is 0 Å². The number of carbonyl (C=O) groups is 2. The number of carbonyl (C=O) groups excluding carboxylic acids is 2. The number of nitrogens with zero attached hydrogens (tertiary/aromatic N) is 2. The fraction of sp³-hybridized carbons (Fsp3) is 0.217. The lowest BCUT2D eigenvalue weighted by atomic mass is 10.1. The lowest BCUT2D eigenvalue weighted by Gasteiger charge is -2.34. The average Bonchev–Trinajstić information content (AvgIpc) is 3.26. The lowest BCUT2D eigenvalue weighted by Crippen LogP contribution is -2.50. The minimum absolute atomic E-state index is 0.0299. The summed E-state index contributed by atoms with van der Waals surface area (Å²) in [5.41, 5.74) is 0.943. The maximum atomic E-state index is 13.0. The minimum Gasteiger partial charge on any atom is -0.459 e. The maximum Gasteiger partial charge on any atom is 0.289 e. The van der Waals surface area contributed by atoms with Crippen molar-refractivity contribution < 1.29 is 22.4 Å². The van der Waals surface area contributed by atoms with E-state index in [9.17, 15) is 18.0 Å². The van der Waals surface area contributed by atoms with E-state index in [1.165, 1.54) is 24.5 Å². The molecule has 0 bridgehead atoms. The van der Waals surface area contributed by atoms with E-state index in [4.69, 9.17) is 4.42 Å². The molecule has 0 saturated carbocycles. The van der Waals surface area contributed by atoms with Gasteiger partial charge in [0, 0.05) is 37.3 Å². The summed E-state index contributed by atoms with van der Waals surface area (Å²) in [6, 6.07) is 18.6. The van der Waals surface area contributed by atoms with Crippen LogP contribution >= 0.6 is 0 Å². The summed E-state index contributed by atoms with van der Waals surface area (Å²) < 4.78 is 30.8. The highest BCUT2D eigenvalue weighted by molar-refractivity contribution is 7.90. The van der Waals surface area contributed by atoms with E-state index in [1.807, 2.05) is 18.2 Å². The number of hydrogen-bond donors (Lipinski definition) is 0. The van der Waals surface area contributed by atoms with Crippen molar-refractivity contribution >= 4 is 21.7 Å². The fourth-order valence-corrected chi connectivity index (χ4v) is 4.95. The molecule has 1 aliphatic rings. The number of furan rings is 1. The molecule has 2 heterocycles. The number of rotatable bonds is 5. The quantitative estimate of drug-likeness (QED) is 0.611. The van der Waals surface area contributed by atoms with Gasteiger partial charge in [-0.1, -0.05) is 36.4 Å². The van der Waals surface area contributed by atoms with E-state index in [1.54, 1.807) is 40.1 Å². The van der Waals surface area contributed by atoms with E-state index in [2.05, 4.69) is 0 Å². The summed E-state index contributed by atoms with van der Waals surface area (Å²) in [5, 5.41) is 0. The van der Waals surface area contributed by atoms with Crippen LogP contribution in [-0.4, -0.2) is 56.2 Å². The zero-order valence-corrected chi connectivity index (χ0v) is 17.6.